The maximum absolute atomic E-state index is 14.6. The number of fused-ring (bicyclic) bond motifs is 3. The fraction of sp³-hybridized carbons (Fsp3) is 0.585. The van der Waals surface area contributed by atoms with Gasteiger partial charge in [-0.05, 0) is 61.2 Å². The quantitative estimate of drug-likeness (QED) is 0.277. The van der Waals surface area contributed by atoms with Gasteiger partial charge in [0.25, 0.3) is 0 Å². The zero-order chi connectivity index (χ0) is 36.4. The summed E-state index contributed by atoms with van der Waals surface area (Å²) < 4.78 is 46.9. The molecule has 0 amide bonds. The van der Waals surface area contributed by atoms with E-state index in [0.717, 1.165) is 5.39 Å². The molecule has 0 radical (unpaired) electrons. The molecule has 10 nitrogen and oxygen atoms in total. The van der Waals surface area contributed by atoms with Crippen molar-refractivity contribution in [1.29, 1.82) is 0 Å². The van der Waals surface area contributed by atoms with Gasteiger partial charge in [0.15, 0.2) is 9.84 Å². The average molecular weight is 732 g/mol. The van der Waals surface area contributed by atoms with Crippen LogP contribution >= 0.6 is 0 Å². The van der Waals surface area contributed by atoms with Gasteiger partial charge in [-0.25, -0.2) is 13.2 Å². The predicted molar refractivity (Wildman–Crippen MR) is 192 cm³/mol. The average Bonchev–Trinajstić information content (AvgIpc) is 3.57. The number of hydrogen-bond donors (Lipinski definition) is 3. The Morgan fingerprint density at radius 1 is 0.962 bits per heavy atom. The van der Waals surface area contributed by atoms with Crippen molar-refractivity contribution in [2.75, 3.05) is 33.9 Å². The molecule has 6 fully saturated rings. The standard InChI is InChI=1S/C41H49NO9S/c1-4-42-23-38(51-37(44)28-14-8-6-11-25(28)22-52(47,48)32-15-9-12-24-10-5-7-13-27(24)32)17-16-26(21-43)40-33(38)19-30(35(40)42)39(45)20-31(49-2)29-18-34(40)41(39,46)36(29)50-3/h5-15,26,29-31,33-36,43,45-46H,4,16-23H2,1-3H3/t26-,29-,30+,31+,33?,34?,35?,36+,38-,39+,40+,41+/m1/s1. The number of methoxy groups -OCH3 is 2. The second-order valence-electron chi connectivity index (χ2n) is 16.5. The number of likely N-dealkylation sites (tertiary alicyclic amines) is 1. The molecule has 278 valence electrons. The minimum atomic E-state index is -3.86. The van der Waals surface area contributed by atoms with E-state index < -0.39 is 50.0 Å². The number of benzene rings is 3. The number of aliphatic hydroxyl groups is 3. The van der Waals surface area contributed by atoms with Gasteiger partial charge < -0.3 is 29.5 Å². The molecule has 3 N–H and O–H groups in total. The molecular weight excluding hydrogens is 683 g/mol. The van der Waals surface area contributed by atoms with Crippen molar-refractivity contribution < 1.29 is 42.7 Å². The first kappa shape index (κ1) is 34.8. The van der Waals surface area contributed by atoms with E-state index >= 15 is 0 Å². The highest BCUT2D eigenvalue weighted by atomic mass is 32.2. The van der Waals surface area contributed by atoms with Crippen LogP contribution in [-0.4, -0.2) is 104 Å². The number of likely N-dealkylation sites (N-methyl/N-ethyl adjacent to an activating group) is 1. The van der Waals surface area contributed by atoms with Crippen molar-refractivity contribution in [2.45, 2.75) is 84.7 Å². The molecule has 5 aliphatic carbocycles. The number of ether oxygens (including phenoxy) is 3. The van der Waals surface area contributed by atoms with Gasteiger partial charge in [-0.1, -0.05) is 61.5 Å². The van der Waals surface area contributed by atoms with Crippen molar-refractivity contribution in [3.63, 3.8) is 0 Å². The molecule has 3 aromatic rings. The second-order valence-corrected chi connectivity index (χ2v) is 18.5. The molecule has 12 atom stereocenters. The van der Waals surface area contributed by atoms with Crippen molar-refractivity contribution in [1.82, 2.24) is 4.90 Å². The summed E-state index contributed by atoms with van der Waals surface area (Å²) in [6.45, 7) is 3.11. The van der Waals surface area contributed by atoms with E-state index in [4.69, 9.17) is 14.2 Å². The monoisotopic (exact) mass is 731 g/mol. The van der Waals surface area contributed by atoms with E-state index in [1.807, 2.05) is 24.3 Å². The zero-order valence-corrected chi connectivity index (χ0v) is 30.8. The van der Waals surface area contributed by atoms with Crippen LogP contribution in [0.4, 0.5) is 0 Å². The molecule has 11 heteroatoms. The number of carbonyl (C=O) groups is 1. The minimum Gasteiger partial charge on any atom is -0.454 e. The molecule has 1 spiro atoms. The van der Waals surface area contributed by atoms with Gasteiger partial charge in [0.2, 0.25) is 0 Å². The summed E-state index contributed by atoms with van der Waals surface area (Å²) >= 11 is 0. The lowest BCUT2D eigenvalue weighted by atomic mass is 9.42. The SMILES string of the molecule is CCN1C[C@]2(OC(=O)c3ccccc3CS(=O)(=O)c3cccc4ccccc34)CC[C@H](CO)[C@]34C1[C@H](CC23)[C@@]1(O)C[C@H](OC)[C@H]2CC4[C@]1(O)[C@H]2OC. The predicted octanol–water partition coefficient (Wildman–Crippen LogP) is 3.98. The normalized spacial score (nSPS) is 41.7. The Morgan fingerprint density at radius 2 is 1.71 bits per heavy atom. The lowest BCUT2D eigenvalue weighted by molar-refractivity contribution is -0.333. The van der Waals surface area contributed by atoms with E-state index in [1.165, 1.54) is 0 Å². The minimum absolute atomic E-state index is 0.0722. The summed E-state index contributed by atoms with van der Waals surface area (Å²) in [4.78, 5) is 17.2. The Bertz CT molecular complexity index is 2040. The fourth-order valence-corrected chi connectivity index (χ4v) is 15.0. The Labute approximate surface area is 305 Å². The third-order valence-electron chi connectivity index (χ3n) is 15.0. The maximum atomic E-state index is 14.6. The van der Waals surface area contributed by atoms with Crippen LogP contribution in [0.1, 0.15) is 54.9 Å². The molecule has 1 aliphatic heterocycles. The van der Waals surface area contributed by atoms with Gasteiger partial charge in [-0.3, -0.25) is 4.90 Å². The number of sulfone groups is 1. The maximum Gasteiger partial charge on any atom is 0.339 e. The largest absolute Gasteiger partial charge is 0.454 e. The fourth-order valence-electron chi connectivity index (χ4n) is 13.4. The third kappa shape index (κ3) is 4.22. The van der Waals surface area contributed by atoms with Gasteiger partial charge in [0.05, 0.1) is 28.4 Å². The molecular formula is C41H49NO9S. The van der Waals surface area contributed by atoms with Gasteiger partial charge in [-0.2, -0.15) is 0 Å². The van der Waals surface area contributed by atoms with Crippen LogP contribution in [0.2, 0.25) is 0 Å². The number of esters is 1. The highest BCUT2D eigenvalue weighted by Crippen LogP contribution is 2.80. The van der Waals surface area contributed by atoms with E-state index in [1.54, 1.807) is 56.7 Å². The summed E-state index contributed by atoms with van der Waals surface area (Å²) in [5.41, 5.74) is -4.11. The van der Waals surface area contributed by atoms with Crippen LogP contribution in [0, 0.1) is 35.0 Å². The van der Waals surface area contributed by atoms with Gasteiger partial charge >= 0.3 is 5.97 Å². The van der Waals surface area contributed by atoms with Gasteiger partial charge in [0, 0.05) is 74.3 Å². The lowest BCUT2D eigenvalue weighted by Crippen LogP contribution is -2.82. The van der Waals surface area contributed by atoms with Crippen LogP contribution < -0.4 is 0 Å². The number of hydrogen-bond acceptors (Lipinski definition) is 10. The first-order chi connectivity index (χ1) is 24.9. The van der Waals surface area contributed by atoms with Crippen LogP contribution in [0.15, 0.2) is 71.6 Å². The number of rotatable bonds is 9. The molecule has 9 rings (SSSR count). The number of nitrogens with zero attached hydrogens (tertiary/aromatic N) is 1. The topological polar surface area (TPSA) is 143 Å². The Hall–Kier alpha value is -2.90. The first-order valence-electron chi connectivity index (χ1n) is 18.8. The van der Waals surface area contributed by atoms with Crippen molar-refractivity contribution in [2.24, 2.45) is 35.0 Å². The summed E-state index contributed by atoms with van der Waals surface area (Å²) in [6, 6.07) is 19.3. The van der Waals surface area contributed by atoms with E-state index in [0.29, 0.717) is 49.7 Å². The molecule has 1 saturated heterocycles. The summed E-state index contributed by atoms with van der Waals surface area (Å²) in [7, 11) is -0.601. The van der Waals surface area contributed by atoms with Crippen molar-refractivity contribution in [3.8, 4) is 0 Å². The van der Waals surface area contributed by atoms with Crippen LogP contribution in [0.25, 0.3) is 10.8 Å². The molecule has 3 unspecified atom stereocenters. The number of piperidine rings is 1. The van der Waals surface area contributed by atoms with Crippen LogP contribution in [0.5, 0.6) is 0 Å². The number of aliphatic hydroxyl groups excluding tert-OH is 1. The summed E-state index contributed by atoms with van der Waals surface area (Å²) in [6.07, 6.45) is 1.58. The van der Waals surface area contributed by atoms with Gasteiger partial charge in [-0.15, -0.1) is 0 Å². The molecule has 5 saturated carbocycles. The second kappa shape index (κ2) is 11.8. The van der Waals surface area contributed by atoms with E-state index in [2.05, 4.69) is 11.8 Å². The molecule has 7 bridgehead atoms. The van der Waals surface area contributed by atoms with Crippen molar-refractivity contribution >= 4 is 26.6 Å². The Kier molecular flexibility index (Phi) is 7.91. The molecule has 52 heavy (non-hydrogen) atoms. The Morgan fingerprint density at radius 3 is 2.46 bits per heavy atom. The summed E-state index contributed by atoms with van der Waals surface area (Å²) in [5.74, 6) is -2.27. The zero-order valence-electron chi connectivity index (χ0n) is 30.0. The third-order valence-corrected chi connectivity index (χ3v) is 16.7. The molecule has 1 heterocycles. The summed E-state index contributed by atoms with van der Waals surface area (Å²) in [5, 5.41) is 38.5. The van der Waals surface area contributed by atoms with E-state index in [9.17, 15) is 28.5 Å². The lowest BCUT2D eigenvalue weighted by Gasteiger charge is -2.71. The highest BCUT2D eigenvalue weighted by Gasteiger charge is 2.88. The van der Waals surface area contributed by atoms with Gasteiger partial charge in [0.1, 0.15) is 16.8 Å². The molecule has 3 aromatic carbocycles. The van der Waals surface area contributed by atoms with Crippen LogP contribution in [-0.2, 0) is 29.8 Å². The molecule has 0 aromatic heterocycles. The first-order valence-corrected chi connectivity index (χ1v) is 20.5. The highest BCUT2D eigenvalue weighted by molar-refractivity contribution is 7.90. The Balaban J connectivity index is 1.12. The number of carbonyl (C=O) groups excluding carboxylic acids is 1. The van der Waals surface area contributed by atoms with Crippen LogP contribution in [0.3, 0.4) is 0 Å². The van der Waals surface area contributed by atoms with E-state index in [-0.39, 0.29) is 65.1 Å². The van der Waals surface area contributed by atoms with Crippen molar-refractivity contribution in [3.05, 3.63) is 77.9 Å². The molecule has 6 aliphatic rings. The smallest absolute Gasteiger partial charge is 0.339 e.